The number of hydrogen-bond donors (Lipinski definition) is 1. The van der Waals surface area contributed by atoms with Crippen LogP contribution < -0.4 is 4.90 Å². The molecule has 8 heteroatoms. The van der Waals surface area contributed by atoms with Crippen LogP contribution in [-0.2, 0) is 14.3 Å². The Kier molecular flexibility index (Phi) is 6.42. The Balaban J connectivity index is 1.53. The summed E-state index contributed by atoms with van der Waals surface area (Å²) in [7, 11) is 1.66. The summed E-state index contributed by atoms with van der Waals surface area (Å²) in [5, 5.41) is 0. The number of hydrogen-bond acceptors (Lipinski definition) is 6. The Morgan fingerprint density at radius 1 is 1.35 bits per heavy atom. The van der Waals surface area contributed by atoms with Crippen LogP contribution in [0.15, 0.2) is 29.2 Å². The summed E-state index contributed by atoms with van der Waals surface area (Å²) in [6.07, 6.45) is 1.78. The Hall–Kier alpha value is -1.74. The zero-order chi connectivity index (χ0) is 18.5. The molecule has 138 valence electrons. The average molecular weight is 394 g/mol. The van der Waals surface area contributed by atoms with E-state index in [0.717, 1.165) is 38.4 Å². The highest BCUT2D eigenvalue weighted by Gasteiger charge is 2.28. The number of esters is 1. The number of ether oxygens (including phenoxy) is 2. The van der Waals surface area contributed by atoms with E-state index >= 15 is 0 Å². The van der Waals surface area contributed by atoms with Gasteiger partial charge in [0.2, 0.25) is 0 Å². The topological polar surface area (TPSA) is 60.3 Å². The normalized spacial score (nSPS) is 20.0. The summed E-state index contributed by atoms with van der Waals surface area (Å²) < 4.78 is 11.2. The zero-order valence-electron chi connectivity index (χ0n) is 14.5. The van der Waals surface area contributed by atoms with Gasteiger partial charge in [-0.3, -0.25) is 9.69 Å². The first kappa shape index (κ1) is 19.0. The van der Waals surface area contributed by atoms with Crippen molar-refractivity contribution < 1.29 is 24.0 Å². The third-order valence-electron chi connectivity index (χ3n) is 4.32. The van der Waals surface area contributed by atoms with Crippen LogP contribution in [0.4, 0.5) is 0 Å². The van der Waals surface area contributed by atoms with Gasteiger partial charge in [-0.2, -0.15) is 0 Å². The van der Waals surface area contributed by atoms with Gasteiger partial charge in [0, 0.05) is 7.05 Å². The van der Waals surface area contributed by atoms with E-state index in [-0.39, 0.29) is 11.9 Å². The van der Waals surface area contributed by atoms with Crippen molar-refractivity contribution in [3.63, 3.8) is 0 Å². The molecular formula is C18H21N2O4S2+. The van der Waals surface area contributed by atoms with Crippen LogP contribution in [-0.4, -0.2) is 67.6 Å². The molecule has 2 saturated heterocycles. The summed E-state index contributed by atoms with van der Waals surface area (Å²) in [5.41, 5.74) is 1.34. The Morgan fingerprint density at radius 2 is 2.04 bits per heavy atom. The molecule has 26 heavy (non-hydrogen) atoms. The van der Waals surface area contributed by atoms with Crippen molar-refractivity contribution in [2.45, 2.75) is 0 Å². The quantitative estimate of drug-likeness (QED) is 0.449. The van der Waals surface area contributed by atoms with Crippen molar-refractivity contribution >= 4 is 46.3 Å². The van der Waals surface area contributed by atoms with E-state index in [0.29, 0.717) is 21.4 Å². The molecule has 1 N–H and O–H groups in total. The third-order valence-corrected chi connectivity index (χ3v) is 5.80. The van der Waals surface area contributed by atoms with Crippen molar-refractivity contribution in [2.75, 3.05) is 46.5 Å². The van der Waals surface area contributed by atoms with Gasteiger partial charge in [0.1, 0.15) is 30.6 Å². The number of rotatable bonds is 5. The smallest absolute Gasteiger partial charge is 0.338 e. The lowest BCUT2D eigenvalue weighted by Gasteiger charge is -2.23. The summed E-state index contributed by atoms with van der Waals surface area (Å²) >= 11 is 6.39. The second-order valence-corrected chi connectivity index (χ2v) is 7.79. The Labute approximate surface area is 162 Å². The average Bonchev–Trinajstić information content (AvgIpc) is 2.90. The molecule has 1 aromatic carbocycles. The van der Waals surface area contributed by atoms with E-state index in [1.54, 1.807) is 37.4 Å². The first-order valence-electron chi connectivity index (χ1n) is 8.44. The number of carbonyl (C=O) groups excluding carboxylic acids is 2. The van der Waals surface area contributed by atoms with E-state index in [4.69, 9.17) is 21.7 Å². The van der Waals surface area contributed by atoms with Crippen LogP contribution in [0.5, 0.6) is 0 Å². The number of nitrogens with one attached hydrogen (secondary N) is 1. The fourth-order valence-corrected chi connectivity index (χ4v) is 3.87. The number of morpholine rings is 1. The summed E-state index contributed by atoms with van der Waals surface area (Å²) in [4.78, 5) is 27.6. The fourth-order valence-electron chi connectivity index (χ4n) is 2.69. The van der Waals surface area contributed by atoms with Crippen molar-refractivity contribution in [3.05, 3.63) is 40.3 Å². The third kappa shape index (κ3) is 4.70. The number of amides is 1. The summed E-state index contributed by atoms with van der Waals surface area (Å²) in [6.45, 7) is 4.64. The second kappa shape index (κ2) is 8.77. The summed E-state index contributed by atoms with van der Waals surface area (Å²) in [5.74, 6) is -0.432. The molecule has 0 atom stereocenters. The predicted octanol–water partition coefficient (Wildman–Crippen LogP) is 0.590. The minimum atomic E-state index is -0.330. The maximum atomic E-state index is 12.1. The Morgan fingerprint density at radius 3 is 2.65 bits per heavy atom. The molecule has 0 saturated carbocycles. The molecule has 0 spiro atoms. The van der Waals surface area contributed by atoms with Crippen LogP contribution in [0.1, 0.15) is 15.9 Å². The van der Waals surface area contributed by atoms with Gasteiger partial charge >= 0.3 is 5.97 Å². The molecule has 0 radical (unpaired) electrons. The van der Waals surface area contributed by atoms with E-state index in [1.807, 2.05) is 0 Å². The molecule has 0 bridgehead atoms. The van der Waals surface area contributed by atoms with Gasteiger partial charge in [0.25, 0.3) is 5.91 Å². The first-order valence-corrected chi connectivity index (χ1v) is 9.67. The minimum Gasteiger partial charge on any atom is -0.456 e. The first-order chi connectivity index (χ1) is 12.5. The number of likely N-dealkylation sites (N-methyl/N-ethyl adjacent to an activating group) is 1. The molecule has 2 aliphatic rings. The molecular weight excluding hydrogens is 372 g/mol. The molecule has 1 aromatic rings. The second-order valence-electron chi connectivity index (χ2n) is 6.11. The van der Waals surface area contributed by atoms with Gasteiger partial charge in [-0.1, -0.05) is 36.1 Å². The van der Waals surface area contributed by atoms with Crippen molar-refractivity contribution in [1.82, 2.24) is 4.90 Å². The number of nitrogens with zero attached hydrogens (tertiary/aromatic N) is 1. The van der Waals surface area contributed by atoms with Crippen LogP contribution in [0.2, 0.25) is 0 Å². The van der Waals surface area contributed by atoms with Gasteiger partial charge in [0.05, 0.1) is 23.7 Å². The lowest BCUT2D eigenvalue weighted by atomic mass is 10.1. The maximum Gasteiger partial charge on any atom is 0.338 e. The summed E-state index contributed by atoms with van der Waals surface area (Å²) in [6, 6.07) is 7.02. The lowest BCUT2D eigenvalue weighted by Crippen LogP contribution is -3.14. The largest absolute Gasteiger partial charge is 0.456 e. The van der Waals surface area contributed by atoms with Crippen LogP contribution in [0, 0.1) is 0 Å². The molecule has 2 heterocycles. The van der Waals surface area contributed by atoms with Gasteiger partial charge in [-0.05, 0) is 23.8 Å². The standard InChI is InChI=1S/C18H20N2O4S2/c1-19-16(21)15(26-18(19)25)12-13-2-4-14(5-3-13)17(22)24-11-8-20-6-9-23-10-7-20/h2-5,12H,6-11H2,1H3/p+1/b15-12-. The van der Waals surface area contributed by atoms with E-state index in [1.165, 1.54) is 21.6 Å². The van der Waals surface area contributed by atoms with E-state index < -0.39 is 0 Å². The van der Waals surface area contributed by atoms with Gasteiger partial charge in [-0.15, -0.1) is 0 Å². The van der Waals surface area contributed by atoms with Crippen molar-refractivity contribution in [2.24, 2.45) is 0 Å². The highest BCUT2D eigenvalue weighted by atomic mass is 32.2. The monoisotopic (exact) mass is 393 g/mol. The highest BCUT2D eigenvalue weighted by Crippen LogP contribution is 2.31. The molecule has 0 aromatic heterocycles. The molecule has 0 unspecified atom stereocenters. The zero-order valence-corrected chi connectivity index (χ0v) is 16.2. The van der Waals surface area contributed by atoms with Gasteiger partial charge < -0.3 is 14.4 Å². The fraction of sp³-hybridized carbons (Fsp3) is 0.389. The Bertz CT molecular complexity index is 727. The number of thioether (sulfide) groups is 1. The van der Waals surface area contributed by atoms with Crippen molar-refractivity contribution in [3.8, 4) is 0 Å². The maximum absolute atomic E-state index is 12.1. The molecule has 0 aliphatic carbocycles. The number of thiocarbonyl (C=S) groups is 1. The predicted molar refractivity (Wildman–Crippen MR) is 104 cm³/mol. The number of carbonyl (C=O) groups is 2. The minimum absolute atomic E-state index is 0.103. The van der Waals surface area contributed by atoms with Crippen molar-refractivity contribution in [1.29, 1.82) is 0 Å². The van der Waals surface area contributed by atoms with Crippen LogP contribution in [0.25, 0.3) is 6.08 Å². The van der Waals surface area contributed by atoms with Gasteiger partial charge in [0.15, 0.2) is 0 Å². The molecule has 2 aliphatic heterocycles. The number of quaternary nitrogens is 1. The number of benzene rings is 1. The molecule has 3 rings (SSSR count). The molecule has 2 fully saturated rings. The van der Waals surface area contributed by atoms with Crippen LogP contribution >= 0.6 is 24.0 Å². The highest BCUT2D eigenvalue weighted by molar-refractivity contribution is 8.26. The van der Waals surface area contributed by atoms with Gasteiger partial charge in [-0.25, -0.2) is 4.79 Å². The molecule has 6 nitrogen and oxygen atoms in total. The van der Waals surface area contributed by atoms with Crippen LogP contribution in [0.3, 0.4) is 0 Å². The SMILES string of the molecule is CN1C(=O)/C(=C/c2ccc(C(=O)OCC[NH+]3CCOCC3)cc2)SC1=S. The molecule has 1 amide bonds. The van der Waals surface area contributed by atoms with E-state index in [9.17, 15) is 9.59 Å². The van der Waals surface area contributed by atoms with E-state index in [2.05, 4.69) is 0 Å². The lowest BCUT2D eigenvalue weighted by molar-refractivity contribution is -0.908.